The van der Waals surface area contributed by atoms with Gasteiger partial charge in [-0.05, 0) is 249 Å². The normalized spacial score (nSPS) is 26.0. The lowest BCUT2D eigenvalue weighted by Gasteiger charge is -2.42. The average molecular weight is 1110 g/mol. The summed E-state index contributed by atoms with van der Waals surface area (Å²) in [5.41, 5.74) is 22.6. The van der Waals surface area contributed by atoms with Gasteiger partial charge in [0.05, 0.1) is 16.6 Å². The molecule has 0 amide bonds. The molecule has 3 nitrogen and oxygen atoms in total. The molecule has 3 heterocycles. The van der Waals surface area contributed by atoms with Crippen molar-refractivity contribution < 1.29 is 0 Å². The summed E-state index contributed by atoms with van der Waals surface area (Å²) in [6.07, 6.45) is 10.7. The predicted octanol–water partition coefficient (Wildman–Crippen LogP) is 22.5. The molecular weight excluding hydrogens is 1040 g/mol. The molecule has 6 aliphatic rings. The molecule has 3 heteroatoms. The molecule has 18 rings (SSSR count). The highest BCUT2D eigenvalue weighted by Gasteiger charge is 2.62. The van der Waals surface area contributed by atoms with Gasteiger partial charge in [0.2, 0.25) is 0 Å². The third-order valence-electron chi connectivity index (χ3n) is 24.5. The third-order valence-corrected chi connectivity index (χ3v) is 24.5. The van der Waals surface area contributed by atoms with Crippen LogP contribution in [0, 0.1) is 0 Å². The van der Waals surface area contributed by atoms with Crippen molar-refractivity contribution in [3.8, 4) is 44.5 Å². The molecule has 12 aromatic rings. The molecule has 0 bridgehead atoms. The molecule has 0 radical (unpaired) electrons. The van der Waals surface area contributed by atoms with E-state index in [1.807, 2.05) is 0 Å². The third kappa shape index (κ3) is 6.34. The SMILES string of the molecule is CC12CCCC1(C)N(c1ccccc1)c1ccc(-c3cc(-c4ccc5c(c4)C4(C)CCCC4(C)N5c4ccccc4)c4ccc5c(-c6cccc7ccccc67)cc(-c6ccc7c(c6)C6(C)CCCC6(C)N7c6ccccc6)c6ccc3c4c65)cc12. The number of benzene rings is 12. The van der Waals surface area contributed by atoms with E-state index in [2.05, 4.69) is 281 Å². The van der Waals surface area contributed by atoms with Gasteiger partial charge in [0.25, 0.3) is 0 Å². The monoisotopic (exact) mass is 1110 g/mol. The van der Waals surface area contributed by atoms with E-state index in [1.165, 1.54) is 196 Å². The number of nitrogens with zero attached hydrogens (tertiary/aromatic N) is 3. The predicted molar refractivity (Wildman–Crippen MR) is 364 cm³/mol. The Morgan fingerprint density at radius 1 is 0.267 bits per heavy atom. The molecule has 6 unspecified atom stereocenters. The van der Waals surface area contributed by atoms with Crippen molar-refractivity contribution in [2.75, 3.05) is 14.7 Å². The van der Waals surface area contributed by atoms with E-state index in [1.54, 1.807) is 0 Å². The van der Waals surface area contributed by atoms with Crippen LogP contribution in [-0.2, 0) is 16.2 Å². The lowest BCUT2D eigenvalue weighted by atomic mass is 9.71. The van der Waals surface area contributed by atoms with Gasteiger partial charge in [0.1, 0.15) is 0 Å². The highest BCUT2D eigenvalue weighted by Crippen LogP contribution is 2.66. The first-order valence-electron chi connectivity index (χ1n) is 32.1. The van der Waals surface area contributed by atoms with Crippen LogP contribution in [-0.4, -0.2) is 16.6 Å². The smallest absolute Gasteiger partial charge is 0.0517 e. The Bertz CT molecular complexity index is 4660. The van der Waals surface area contributed by atoms with E-state index in [9.17, 15) is 0 Å². The topological polar surface area (TPSA) is 9.72 Å². The maximum Gasteiger partial charge on any atom is 0.0517 e. The van der Waals surface area contributed by atoms with Gasteiger partial charge in [-0.15, -0.1) is 0 Å². The second-order valence-electron chi connectivity index (χ2n) is 28.1. The molecule has 12 aromatic carbocycles. The summed E-state index contributed by atoms with van der Waals surface area (Å²) in [6.45, 7) is 15.3. The Morgan fingerprint density at radius 3 is 1.00 bits per heavy atom. The molecule has 3 saturated carbocycles. The summed E-state index contributed by atoms with van der Waals surface area (Å²) < 4.78 is 0. The number of rotatable bonds is 7. The Kier molecular flexibility index (Phi) is 10.3. The Labute approximate surface area is 506 Å². The first-order chi connectivity index (χ1) is 41.9. The molecule has 3 fully saturated rings. The molecule has 0 N–H and O–H groups in total. The molecule has 3 aliphatic heterocycles. The summed E-state index contributed by atoms with van der Waals surface area (Å²) in [4.78, 5) is 8.11. The van der Waals surface area contributed by atoms with Crippen molar-refractivity contribution in [3.05, 3.63) is 241 Å². The van der Waals surface area contributed by atoms with E-state index in [-0.39, 0.29) is 32.9 Å². The lowest BCUT2D eigenvalue weighted by Crippen LogP contribution is -2.48. The first-order valence-corrected chi connectivity index (χ1v) is 32.1. The molecule has 3 aliphatic carbocycles. The average Bonchev–Trinajstić information content (AvgIpc) is 1.47. The van der Waals surface area contributed by atoms with Crippen molar-refractivity contribution in [1.29, 1.82) is 0 Å². The molecule has 0 aromatic heterocycles. The fourth-order valence-electron chi connectivity index (χ4n) is 19.6. The van der Waals surface area contributed by atoms with Crippen molar-refractivity contribution in [2.24, 2.45) is 0 Å². The minimum atomic E-state index is -0.0361. The Morgan fingerprint density at radius 2 is 0.605 bits per heavy atom. The van der Waals surface area contributed by atoms with Crippen LogP contribution in [0.3, 0.4) is 0 Å². The van der Waals surface area contributed by atoms with Gasteiger partial charge in [-0.1, -0.05) is 180 Å². The van der Waals surface area contributed by atoms with E-state index in [0.29, 0.717) is 0 Å². The fraction of sp³-hybridized carbons (Fsp3) is 0.253. The summed E-state index contributed by atoms with van der Waals surface area (Å²) in [5, 5.41) is 10.5. The van der Waals surface area contributed by atoms with Gasteiger partial charge in [0, 0.05) is 50.4 Å². The Balaban J connectivity index is 0.930. The number of hydrogen-bond acceptors (Lipinski definition) is 3. The Hall–Kier alpha value is -8.66. The zero-order valence-electron chi connectivity index (χ0n) is 50.6. The quantitative estimate of drug-likeness (QED) is 0.147. The molecule has 0 spiro atoms. The van der Waals surface area contributed by atoms with Crippen LogP contribution in [0.1, 0.15) is 116 Å². The van der Waals surface area contributed by atoms with Crippen LogP contribution in [0.25, 0.3) is 87.6 Å². The highest BCUT2D eigenvalue weighted by atomic mass is 15.3. The van der Waals surface area contributed by atoms with E-state index in [0.717, 1.165) is 0 Å². The van der Waals surface area contributed by atoms with Gasteiger partial charge in [0.15, 0.2) is 0 Å². The summed E-state index contributed by atoms with van der Waals surface area (Å²) in [7, 11) is 0. The summed E-state index contributed by atoms with van der Waals surface area (Å²) in [6, 6.07) is 87.5. The number of fused-ring (bicyclic) bond motifs is 10. The molecule has 0 saturated heterocycles. The number of hydrogen-bond donors (Lipinski definition) is 0. The standard InChI is InChI=1S/C83H73N3/c1-78-42-19-45-81(78,4)84(57-24-10-7-11-25-57)73-39-32-54(48-70(73)78)66-51-67(55-33-40-74-71(49-55)79(2)43-20-46-82(79,5)85(74)58-26-12-8-13-27-58)63-37-38-65-69(61-31-18-23-53-22-16-17-30-60(53)61)52-68(64-36-35-62(66)76(63)77(64)65)56-34-41-75-72(50-56)80(3)44-21-47-83(80,6)86(75)59-28-14-9-15-29-59/h7-18,22-41,48-52H,19-21,42-47H2,1-6H3. The van der Waals surface area contributed by atoms with Crippen LogP contribution in [0.4, 0.5) is 34.1 Å². The van der Waals surface area contributed by atoms with Crippen LogP contribution >= 0.6 is 0 Å². The molecular formula is C83H73N3. The molecule has 420 valence electrons. The van der Waals surface area contributed by atoms with Gasteiger partial charge < -0.3 is 14.7 Å². The second-order valence-corrected chi connectivity index (χ2v) is 28.1. The van der Waals surface area contributed by atoms with E-state index in [4.69, 9.17) is 0 Å². The van der Waals surface area contributed by atoms with Gasteiger partial charge >= 0.3 is 0 Å². The molecule has 6 atom stereocenters. The van der Waals surface area contributed by atoms with Crippen LogP contribution in [0.5, 0.6) is 0 Å². The molecule has 86 heavy (non-hydrogen) atoms. The zero-order chi connectivity index (χ0) is 57.7. The highest BCUT2D eigenvalue weighted by molar-refractivity contribution is 6.32. The van der Waals surface area contributed by atoms with Crippen molar-refractivity contribution in [1.82, 2.24) is 0 Å². The van der Waals surface area contributed by atoms with Crippen LogP contribution in [0.2, 0.25) is 0 Å². The van der Waals surface area contributed by atoms with Gasteiger partial charge in [-0.25, -0.2) is 0 Å². The van der Waals surface area contributed by atoms with Crippen molar-refractivity contribution >= 4 is 77.2 Å². The first kappa shape index (κ1) is 50.6. The number of anilines is 6. The number of para-hydroxylation sites is 3. The summed E-state index contributed by atoms with van der Waals surface area (Å²) >= 11 is 0. The van der Waals surface area contributed by atoms with Crippen LogP contribution in [0.15, 0.2) is 224 Å². The summed E-state index contributed by atoms with van der Waals surface area (Å²) in [5.74, 6) is 0. The van der Waals surface area contributed by atoms with Gasteiger partial charge in [-0.3, -0.25) is 0 Å². The largest absolute Gasteiger partial charge is 0.334 e. The maximum atomic E-state index is 2.71. The fourth-order valence-corrected chi connectivity index (χ4v) is 19.6. The minimum absolute atomic E-state index is 0.0117. The van der Waals surface area contributed by atoms with Crippen molar-refractivity contribution in [2.45, 2.75) is 132 Å². The van der Waals surface area contributed by atoms with Crippen molar-refractivity contribution in [3.63, 3.8) is 0 Å². The zero-order valence-corrected chi connectivity index (χ0v) is 50.6. The lowest BCUT2D eigenvalue weighted by molar-refractivity contribution is 0.330. The second kappa shape index (κ2) is 17.5. The minimum Gasteiger partial charge on any atom is -0.334 e. The van der Waals surface area contributed by atoms with Gasteiger partial charge in [-0.2, -0.15) is 0 Å². The maximum absolute atomic E-state index is 2.71. The van der Waals surface area contributed by atoms with E-state index >= 15 is 0 Å². The van der Waals surface area contributed by atoms with Crippen LogP contribution < -0.4 is 14.7 Å². The van der Waals surface area contributed by atoms with E-state index < -0.39 is 0 Å².